The summed E-state index contributed by atoms with van der Waals surface area (Å²) >= 11 is 17.9. The third kappa shape index (κ3) is 3.03. The van der Waals surface area contributed by atoms with Gasteiger partial charge in [-0.3, -0.25) is 0 Å². The molecule has 0 unspecified atom stereocenters. The molecule has 0 spiro atoms. The van der Waals surface area contributed by atoms with Crippen LogP contribution in [0.15, 0.2) is 36.5 Å². The van der Waals surface area contributed by atoms with Crippen LogP contribution in [-0.2, 0) is 6.61 Å². The zero-order chi connectivity index (χ0) is 12.3. The quantitative estimate of drug-likeness (QED) is 0.769. The fourth-order valence-corrected chi connectivity index (χ4v) is 1.98. The molecule has 1 aromatic heterocycles. The minimum Gasteiger partial charge on any atom is -0.486 e. The zero-order valence-corrected chi connectivity index (χ0v) is 10.9. The molecule has 0 aliphatic heterocycles. The molecule has 2 rings (SSSR count). The number of rotatable bonds is 3. The van der Waals surface area contributed by atoms with Crippen molar-refractivity contribution in [3.05, 3.63) is 57.3 Å². The lowest BCUT2D eigenvalue weighted by Crippen LogP contribution is -1.98. The topological polar surface area (TPSA) is 22.1 Å². The molecule has 1 heterocycles. The Balaban J connectivity index is 2.16. The Morgan fingerprint density at radius 1 is 1.00 bits per heavy atom. The van der Waals surface area contributed by atoms with Gasteiger partial charge in [0.25, 0.3) is 0 Å². The average Bonchev–Trinajstić information content (AvgIpc) is 2.30. The molecule has 0 atom stereocenters. The molecular weight excluding hydrogens is 280 g/mol. The second-order valence-corrected chi connectivity index (χ2v) is 4.47. The van der Waals surface area contributed by atoms with Gasteiger partial charge >= 0.3 is 0 Å². The fraction of sp³-hybridized carbons (Fsp3) is 0.0833. The van der Waals surface area contributed by atoms with Crippen LogP contribution in [0.4, 0.5) is 0 Å². The van der Waals surface area contributed by atoms with Crippen LogP contribution in [0.1, 0.15) is 5.56 Å². The number of aromatic nitrogens is 1. The van der Waals surface area contributed by atoms with Crippen LogP contribution in [0.5, 0.6) is 5.75 Å². The van der Waals surface area contributed by atoms with Gasteiger partial charge in [-0.05, 0) is 18.2 Å². The summed E-state index contributed by atoms with van der Waals surface area (Å²) in [5.41, 5.74) is 0.783. The first-order valence-corrected chi connectivity index (χ1v) is 5.98. The first kappa shape index (κ1) is 12.5. The van der Waals surface area contributed by atoms with E-state index in [1.165, 1.54) is 0 Å². The van der Waals surface area contributed by atoms with Gasteiger partial charge in [0.2, 0.25) is 0 Å². The number of ether oxygens (including phenoxy) is 1. The third-order valence-corrected chi connectivity index (χ3v) is 3.06. The molecule has 0 aliphatic rings. The second-order valence-electron chi connectivity index (χ2n) is 3.29. The Morgan fingerprint density at radius 3 is 2.35 bits per heavy atom. The Hall–Kier alpha value is -0.960. The van der Waals surface area contributed by atoms with E-state index in [1.54, 1.807) is 30.5 Å². The Bertz CT molecular complexity index is 511. The minimum atomic E-state index is 0.274. The first-order valence-electron chi connectivity index (χ1n) is 4.84. The maximum Gasteiger partial charge on any atom is 0.156 e. The molecule has 1 aromatic carbocycles. The van der Waals surface area contributed by atoms with E-state index in [1.807, 2.05) is 6.07 Å². The van der Waals surface area contributed by atoms with E-state index in [2.05, 4.69) is 4.98 Å². The summed E-state index contributed by atoms with van der Waals surface area (Å²) < 4.78 is 5.55. The molecule has 2 nitrogen and oxygen atoms in total. The van der Waals surface area contributed by atoms with Gasteiger partial charge in [-0.1, -0.05) is 46.9 Å². The summed E-state index contributed by atoms with van der Waals surface area (Å²) in [6, 6.07) is 8.81. The normalized spacial score (nSPS) is 10.3. The van der Waals surface area contributed by atoms with Gasteiger partial charge in [-0.25, -0.2) is 4.98 Å². The van der Waals surface area contributed by atoms with Crippen LogP contribution < -0.4 is 4.74 Å². The van der Waals surface area contributed by atoms with Crippen molar-refractivity contribution in [3.63, 3.8) is 0 Å². The van der Waals surface area contributed by atoms with Crippen LogP contribution in [-0.4, -0.2) is 4.98 Å². The number of benzene rings is 1. The number of pyridine rings is 1. The number of halogens is 3. The van der Waals surface area contributed by atoms with Crippen molar-refractivity contribution in [2.45, 2.75) is 6.61 Å². The SMILES string of the molecule is Clc1cccc(Cl)c1OCc1cccnc1Cl. The van der Waals surface area contributed by atoms with Crippen LogP contribution in [0.3, 0.4) is 0 Å². The third-order valence-electron chi connectivity index (χ3n) is 2.13. The molecule has 0 saturated carbocycles. The maximum atomic E-state index is 5.98. The summed E-state index contributed by atoms with van der Waals surface area (Å²) in [4.78, 5) is 3.96. The number of nitrogens with zero attached hydrogens (tertiary/aromatic N) is 1. The summed E-state index contributed by atoms with van der Waals surface area (Å²) in [7, 11) is 0. The van der Waals surface area contributed by atoms with Crippen LogP contribution in [0, 0.1) is 0 Å². The average molecular weight is 289 g/mol. The lowest BCUT2D eigenvalue weighted by atomic mass is 10.3. The fourth-order valence-electron chi connectivity index (χ4n) is 1.30. The smallest absolute Gasteiger partial charge is 0.156 e. The number of hydrogen-bond acceptors (Lipinski definition) is 2. The van der Waals surface area contributed by atoms with Gasteiger partial charge in [0.05, 0.1) is 10.0 Å². The molecular formula is C12H8Cl3NO. The highest BCUT2D eigenvalue weighted by atomic mass is 35.5. The van der Waals surface area contributed by atoms with Gasteiger partial charge in [0.1, 0.15) is 11.8 Å². The van der Waals surface area contributed by atoms with E-state index in [0.717, 1.165) is 5.56 Å². The highest BCUT2D eigenvalue weighted by molar-refractivity contribution is 6.37. The van der Waals surface area contributed by atoms with E-state index < -0.39 is 0 Å². The number of para-hydroxylation sites is 1. The van der Waals surface area contributed by atoms with Crippen molar-refractivity contribution in [2.24, 2.45) is 0 Å². The Morgan fingerprint density at radius 2 is 1.71 bits per heavy atom. The predicted molar refractivity (Wildman–Crippen MR) is 70.0 cm³/mol. The number of hydrogen-bond donors (Lipinski definition) is 0. The first-order chi connectivity index (χ1) is 8.18. The molecule has 88 valence electrons. The van der Waals surface area contributed by atoms with Crippen LogP contribution >= 0.6 is 34.8 Å². The van der Waals surface area contributed by atoms with Crippen molar-refractivity contribution in [3.8, 4) is 5.75 Å². The van der Waals surface area contributed by atoms with Crippen LogP contribution in [0.2, 0.25) is 15.2 Å². The molecule has 0 fully saturated rings. The summed E-state index contributed by atoms with van der Waals surface area (Å²) in [5, 5.41) is 1.35. The van der Waals surface area contributed by atoms with E-state index in [4.69, 9.17) is 39.5 Å². The molecule has 0 saturated heterocycles. The Labute approximate surface area is 114 Å². The Kier molecular flexibility index (Phi) is 4.11. The highest BCUT2D eigenvalue weighted by Crippen LogP contribution is 2.33. The molecule has 0 N–H and O–H groups in total. The minimum absolute atomic E-state index is 0.274. The van der Waals surface area contributed by atoms with Crippen LogP contribution in [0.25, 0.3) is 0 Å². The maximum absolute atomic E-state index is 5.98. The monoisotopic (exact) mass is 287 g/mol. The molecule has 0 bridgehead atoms. The van der Waals surface area contributed by atoms with Crippen molar-refractivity contribution < 1.29 is 4.74 Å². The molecule has 2 aromatic rings. The van der Waals surface area contributed by atoms with Gasteiger partial charge < -0.3 is 4.74 Å². The van der Waals surface area contributed by atoms with E-state index >= 15 is 0 Å². The van der Waals surface area contributed by atoms with E-state index in [9.17, 15) is 0 Å². The van der Waals surface area contributed by atoms with E-state index in [-0.39, 0.29) is 6.61 Å². The lowest BCUT2D eigenvalue weighted by Gasteiger charge is -2.10. The molecule has 17 heavy (non-hydrogen) atoms. The van der Waals surface area contributed by atoms with Crippen molar-refractivity contribution in [1.29, 1.82) is 0 Å². The molecule has 0 amide bonds. The van der Waals surface area contributed by atoms with Crippen molar-refractivity contribution in [1.82, 2.24) is 4.98 Å². The van der Waals surface area contributed by atoms with Gasteiger partial charge in [0, 0.05) is 11.8 Å². The standard InChI is InChI=1S/C12H8Cl3NO/c13-9-4-1-5-10(14)11(9)17-7-8-3-2-6-16-12(8)15/h1-6H,7H2. The lowest BCUT2D eigenvalue weighted by molar-refractivity contribution is 0.306. The molecule has 0 radical (unpaired) electrons. The molecule has 5 heteroatoms. The summed E-state index contributed by atoms with van der Waals surface area (Å²) in [5.74, 6) is 0.454. The van der Waals surface area contributed by atoms with Crippen molar-refractivity contribution >= 4 is 34.8 Å². The zero-order valence-electron chi connectivity index (χ0n) is 8.66. The predicted octanol–water partition coefficient (Wildman–Crippen LogP) is 4.62. The largest absolute Gasteiger partial charge is 0.486 e. The van der Waals surface area contributed by atoms with Crippen molar-refractivity contribution in [2.75, 3.05) is 0 Å². The van der Waals surface area contributed by atoms with Gasteiger partial charge in [-0.15, -0.1) is 0 Å². The second kappa shape index (κ2) is 5.58. The summed E-state index contributed by atoms with van der Waals surface area (Å²) in [6.45, 7) is 0.274. The highest BCUT2D eigenvalue weighted by Gasteiger charge is 2.08. The molecule has 0 aliphatic carbocycles. The van der Waals surface area contributed by atoms with Gasteiger partial charge in [0.15, 0.2) is 5.75 Å². The van der Waals surface area contributed by atoms with Gasteiger partial charge in [-0.2, -0.15) is 0 Å². The summed E-state index contributed by atoms with van der Waals surface area (Å²) in [6.07, 6.45) is 1.62. The van der Waals surface area contributed by atoms with E-state index in [0.29, 0.717) is 20.9 Å².